The van der Waals surface area contributed by atoms with Crippen LogP contribution in [0.2, 0.25) is 0 Å². The Hall–Kier alpha value is -4.27. The number of ether oxygens (including phenoxy) is 2. The Bertz CT molecular complexity index is 1580. The summed E-state index contributed by atoms with van der Waals surface area (Å²) in [5.74, 6) is 2.57. The van der Waals surface area contributed by atoms with Gasteiger partial charge in [0.25, 0.3) is 5.91 Å². The van der Waals surface area contributed by atoms with Crippen LogP contribution in [0.25, 0.3) is 0 Å². The summed E-state index contributed by atoms with van der Waals surface area (Å²) in [5, 5.41) is 17.1. The number of oxazole rings is 1. The molecule has 47 heavy (non-hydrogen) atoms. The summed E-state index contributed by atoms with van der Waals surface area (Å²) in [4.78, 5) is 45.3. The van der Waals surface area contributed by atoms with Crippen molar-refractivity contribution in [1.82, 2.24) is 30.1 Å². The van der Waals surface area contributed by atoms with E-state index in [4.69, 9.17) is 18.9 Å². The zero-order valence-corrected chi connectivity index (χ0v) is 26.7. The summed E-state index contributed by atoms with van der Waals surface area (Å²) in [5.41, 5.74) is 3.47. The number of β-amino-alcohol motifs (C(OH)–C–C–N with tert-alkyl or cyclic N) is 1. The van der Waals surface area contributed by atoms with Gasteiger partial charge in [0.05, 0.1) is 31.1 Å². The molecule has 7 rings (SSSR count). The Balaban J connectivity index is 0.919. The minimum Gasteiger partial charge on any atom is -0.486 e. The summed E-state index contributed by atoms with van der Waals surface area (Å²) in [6.07, 6.45) is 3.48. The highest BCUT2D eigenvalue weighted by molar-refractivity contribution is 5.93. The molecule has 14 heteroatoms. The van der Waals surface area contributed by atoms with E-state index in [-0.39, 0.29) is 36.0 Å². The molecule has 3 aromatic rings. The minimum absolute atomic E-state index is 0.0938. The number of benzene rings is 1. The number of amides is 2. The number of nitrogens with zero attached hydrogens (tertiary/aromatic N) is 6. The number of carbonyl (C=O) groups excluding carboxylic acids is 2. The average Bonchev–Trinajstić information content (AvgIpc) is 3.84. The van der Waals surface area contributed by atoms with Gasteiger partial charge < -0.3 is 39.4 Å². The largest absolute Gasteiger partial charge is 0.486 e. The fourth-order valence-corrected chi connectivity index (χ4v) is 6.12. The van der Waals surface area contributed by atoms with Crippen LogP contribution in [0.1, 0.15) is 45.9 Å². The Morgan fingerprint density at radius 2 is 1.91 bits per heavy atom. The fraction of sp³-hybridized carbons (Fsp3) is 0.545. The van der Waals surface area contributed by atoms with Crippen LogP contribution < -0.4 is 20.3 Å². The highest BCUT2D eigenvalue weighted by atomic mass is 16.5. The molecule has 0 bridgehead atoms. The summed E-state index contributed by atoms with van der Waals surface area (Å²) >= 11 is 0. The predicted molar refractivity (Wildman–Crippen MR) is 171 cm³/mol. The van der Waals surface area contributed by atoms with Crippen LogP contribution in [-0.2, 0) is 29.1 Å². The van der Waals surface area contributed by atoms with Gasteiger partial charge in [-0.15, -0.1) is 0 Å². The zero-order valence-electron chi connectivity index (χ0n) is 26.7. The molecule has 1 atom stereocenters. The van der Waals surface area contributed by atoms with Crippen molar-refractivity contribution in [2.45, 2.75) is 51.5 Å². The molecule has 2 aromatic heterocycles. The number of anilines is 2. The number of piperazine rings is 1. The number of aryl methyl sites for hydroxylation is 1. The molecule has 3 N–H and O–H groups in total. The second-order valence-electron chi connectivity index (χ2n) is 12.8. The molecule has 250 valence electrons. The maximum absolute atomic E-state index is 13.3. The van der Waals surface area contributed by atoms with Crippen LogP contribution in [0.3, 0.4) is 0 Å². The van der Waals surface area contributed by atoms with Crippen LogP contribution in [-0.4, -0.2) is 113 Å². The van der Waals surface area contributed by atoms with E-state index in [2.05, 4.69) is 37.6 Å². The fourth-order valence-electron chi connectivity index (χ4n) is 6.12. The minimum atomic E-state index is -0.753. The van der Waals surface area contributed by atoms with Gasteiger partial charge in [-0.25, -0.2) is 9.97 Å². The highest BCUT2D eigenvalue weighted by Gasteiger charge is 2.35. The number of rotatable bonds is 12. The molecule has 1 saturated carbocycles. The van der Waals surface area contributed by atoms with E-state index < -0.39 is 6.10 Å². The molecule has 0 spiro atoms. The second kappa shape index (κ2) is 13.8. The topological polar surface area (TPSA) is 158 Å². The number of carbonyl (C=O) groups is 2. The van der Waals surface area contributed by atoms with Gasteiger partial charge in [-0.1, -0.05) is 6.07 Å². The molecule has 1 aromatic carbocycles. The molecular weight excluding hydrogens is 604 g/mol. The number of aliphatic hydroxyl groups is 1. The third kappa shape index (κ3) is 7.66. The number of nitrogens with one attached hydrogen (secondary N) is 2. The highest BCUT2D eigenvalue weighted by Crippen LogP contribution is 2.31. The first-order valence-electron chi connectivity index (χ1n) is 16.5. The Morgan fingerprint density at radius 3 is 2.64 bits per heavy atom. The molecule has 0 radical (unpaired) electrons. The molecule has 2 amide bonds. The third-order valence-corrected chi connectivity index (χ3v) is 9.19. The molecule has 3 aliphatic heterocycles. The van der Waals surface area contributed by atoms with E-state index in [0.717, 1.165) is 37.3 Å². The van der Waals surface area contributed by atoms with E-state index in [1.54, 1.807) is 6.07 Å². The number of fused-ring (bicyclic) bond motifs is 1. The number of hydrogen-bond acceptors (Lipinski definition) is 12. The van der Waals surface area contributed by atoms with Crippen LogP contribution in [0, 0.1) is 12.8 Å². The lowest BCUT2D eigenvalue weighted by molar-refractivity contribution is -0.132. The maximum atomic E-state index is 13.3. The van der Waals surface area contributed by atoms with Gasteiger partial charge in [-0.05, 0) is 49.4 Å². The molecule has 5 heterocycles. The SMILES string of the molecule is Cc1ncoc1COc1ccc2c(c1)CCN(CC(O)CNC(=O)c1cc(NC3COC3)nc(N3CCN(C(=O)C4CC4)CC3)n1)C2. The Morgan fingerprint density at radius 1 is 1.09 bits per heavy atom. The van der Waals surface area contributed by atoms with Crippen molar-refractivity contribution in [2.75, 3.05) is 69.2 Å². The molecule has 3 fully saturated rings. The van der Waals surface area contributed by atoms with Gasteiger partial charge in [0.1, 0.15) is 23.9 Å². The molecule has 1 unspecified atom stereocenters. The van der Waals surface area contributed by atoms with Crippen LogP contribution in [0.5, 0.6) is 5.75 Å². The van der Waals surface area contributed by atoms with E-state index in [0.29, 0.717) is 76.6 Å². The smallest absolute Gasteiger partial charge is 0.270 e. The molecule has 1 aliphatic carbocycles. The van der Waals surface area contributed by atoms with Gasteiger partial charge in [-0.2, -0.15) is 4.98 Å². The van der Waals surface area contributed by atoms with E-state index in [1.807, 2.05) is 22.8 Å². The van der Waals surface area contributed by atoms with Crippen molar-refractivity contribution in [2.24, 2.45) is 5.92 Å². The van der Waals surface area contributed by atoms with Crippen LogP contribution in [0.4, 0.5) is 11.8 Å². The molecule has 2 saturated heterocycles. The normalized spacial score (nSPS) is 19.1. The summed E-state index contributed by atoms with van der Waals surface area (Å²) < 4.78 is 16.6. The monoisotopic (exact) mass is 646 g/mol. The van der Waals surface area contributed by atoms with Gasteiger partial charge in [-0.3, -0.25) is 14.5 Å². The van der Waals surface area contributed by atoms with Crippen molar-refractivity contribution in [3.63, 3.8) is 0 Å². The summed E-state index contributed by atoms with van der Waals surface area (Å²) in [7, 11) is 0. The lowest BCUT2D eigenvalue weighted by Gasteiger charge is -2.35. The van der Waals surface area contributed by atoms with Crippen LogP contribution in [0.15, 0.2) is 35.1 Å². The first-order chi connectivity index (χ1) is 22.9. The van der Waals surface area contributed by atoms with Crippen molar-refractivity contribution in [3.8, 4) is 5.75 Å². The Labute approximate surface area is 273 Å². The Kier molecular flexibility index (Phi) is 9.23. The molecule has 14 nitrogen and oxygen atoms in total. The maximum Gasteiger partial charge on any atom is 0.270 e. The summed E-state index contributed by atoms with van der Waals surface area (Å²) in [6, 6.07) is 7.86. The lowest BCUT2D eigenvalue weighted by atomic mass is 9.99. The van der Waals surface area contributed by atoms with Gasteiger partial charge >= 0.3 is 0 Å². The van der Waals surface area contributed by atoms with E-state index >= 15 is 0 Å². The number of hydrogen-bond donors (Lipinski definition) is 3. The van der Waals surface area contributed by atoms with Crippen molar-refractivity contribution in [1.29, 1.82) is 0 Å². The number of aromatic nitrogens is 3. The van der Waals surface area contributed by atoms with E-state index in [1.165, 1.54) is 17.5 Å². The van der Waals surface area contributed by atoms with Crippen LogP contribution >= 0.6 is 0 Å². The zero-order chi connectivity index (χ0) is 32.3. The quantitative estimate of drug-likeness (QED) is 0.260. The van der Waals surface area contributed by atoms with Crippen molar-refractivity contribution >= 4 is 23.6 Å². The second-order valence-corrected chi connectivity index (χ2v) is 12.8. The molecule has 4 aliphatic rings. The molecular formula is C33H42N8O6. The number of aliphatic hydroxyl groups excluding tert-OH is 1. The third-order valence-electron chi connectivity index (χ3n) is 9.19. The first kappa shape index (κ1) is 31.3. The van der Waals surface area contributed by atoms with Crippen molar-refractivity contribution in [3.05, 3.63) is 58.9 Å². The summed E-state index contributed by atoms with van der Waals surface area (Å²) in [6.45, 7) is 7.81. The van der Waals surface area contributed by atoms with E-state index in [9.17, 15) is 14.7 Å². The van der Waals surface area contributed by atoms with Crippen molar-refractivity contribution < 1.29 is 28.6 Å². The first-order valence-corrected chi connectivity index (χ1v) is 16.5. The van der Waals surface area contributed by atoms with Gasteiger partial charge in [0.15, 0.2) is 12.2 Å². The van der Waals surface area contributed by atoms with Gasteiger partial charge in [0, 0.05) is 64.3 Å². The average molecular weight is 647 g/mol. The standard InChI is InChI=1S/C33H42N8O6/c1-21-29(47-20-35-21)19-46-27-5-4-24-15-39(7-6-23(24)12-27)16-26(42)14-34-31(43)28-13-30(36-25-17-45-18-25)38-33(37-28)41-10-8-40(9-11-41)32(44)22-2-3-22/h4-5,12-13,20,22,25-26,42H,2-3,6-11,14-19H2,1H3,(H,34,43)(H,36,37,38). The van der Waals surface area contributed by atoms with Gasteiger partial charge in [0.2, 0.25) is 11.9 Å². The predicted octanol–water partition coefficient (Wildman–Crippen LogP) is 1.37. The lowest BCUT2D eigenvalue weighted by Crippen LogP contribution is -2.50.